The second-order valence-corrected chi connectivity index (χ2v) is 10.1. The Morgan fingerprint density at radius 1 is 1.40 bits per heavy atom. The lowest BCUT2D eigenvalue weighted by Crippen LogP contribution is -2.24. The number of hydrogen-bond donors (Lipinski definition) is 0. The summed E-state index contributed by atoms with van der Waals surface area (Å²) in [5, 5.41) is 0.978. The van der Waals surface area contributed by atoms with Crippen molar-refractivity contribution in [1.29, 1.82) is 0 Å². The Labute approximate surface area is 134 Å². The molecule has 0 saturated carbocycles. The second kappa shape index (κ2) is 5.66. The van der Waals surface area contributed by atoms with Gasteiger partial charge in [0, 0.05) is 23.7 Å². The van der Waals surface area contributed by atoms with Gasteiger partial charge in [-0.25, -0.2) is 0 Å². The van der Waals surface area contributed by atoms with Gasteiger partial charge in [-0.15, -0.1) is 0 Å². The molecule has 0 N–H and O–H groups in total. The molecule has 112 valence electrons. The van der Waals surface area contributed by atoms with Crippen LogP contribution in [0.4, 0.5) is 0 Å². The summed E-state index contributed by atoms with van der Waals surface area (Å²) in [5.74, 6) is 1.03. The largest absolute Gasteiger partial charge is 0.483 e. The molecule has 2 rings (SSSR count). The van der Waals surface area contributed by atoms with Crippen LogP contribution in [0.2, 0.25) is 10.0 Å². The molecule has 1 aromatic carbocycles. The maximum absolute atomic E-state index is 6.24. The van der Waals surface area contributed by atoms with E-state index in [2.05, 4.69) is 0 Å². The lowest BCUT2D eigenvalue weighted by molar-refractivity contribution is 0.135. The van der Waals surface area contributed by atoms with Gasteiger partial charge in [0.2, 0.25) is 6.49 Å². The van der Waals surface area contributed by atoms with Crippen molar-refractivity contribution in [1.82, 2.24) is 0 Å². The topological polar surface area (TPSA) is 27.7 Å². The lowest BCUT2D eigenvalue weighted by atomic mass is 10.0. The molecule has 1 heterocycles. The highest BCUT2D eigenvalue weighted by molar-refractivity contribution is 8.09. The van der Waals surface area contributed by atoms with Gasteiger partial charge >= 0.3 is 0 Å². The average molecular weight is 355 g/mol. The number of fused-ring (bicyclic) bond motifs is 1. The van der Waals surface area contributed by atoms with Gasteiger partial charge in [0.05, 0.1) is 11.6 Å². The molecule has 0 spiro atoms. The zero-order valence-electron chi connectivity index (χ0n) is 11.8. The molecule has 1 unspecified atom stereocenters. The molecule has 3 nitrogen and oxygen atoms in total. The highest BCUT2D eigenvalue weighted by atomic mass is 35.5. The van der Waals surface area contributed by atoms with Gasteiger partial charge in [0.15, 0.2) is 11.5 Å². The molecular weight excluding hydrogens is 338 g/mol. The number of benzene rings is 1. The van der Waals surface area contributed by atoms with Crippen LogP contribution < -0.4 is 9.26 Å². The number of hydrogen-bond acceptors (Lipinski definition) is 4. The highest BCUT2D eigenvalue weighted by Crippen LogP contribution is 2.55. The zero-order valence-corrected chi connectivity index (χ0v) is 15.1. The Morgan fingerprint density at radius 2 is 2.05 bits per heavy atom. The summed E-state index contributed by atoms with van der Waals surface area (Å²) in [7, 11) is 0. The van der Waals surface area contributed by atoms with Crippen molar-refractivity contribution in [3.05, 3.63) is 21.7 Å². The van der Waals surface area contributed by atoms with Crippen molar-refractivity contribution < 1.29 is 13.8 Å². The van der Waals surface area contributed by atoms with E-state index in [4.69, 9.17) is 48.8 Å². The monoisotopic (exact) mass is 354 g/mol. The van der Waals surface area contributed by atoms with E-state index in [-0.39, 0.29) is 5.60 Å². The lowest BCUT2D eigenvalue weighted by Gasteiger charge is -2.22. The Balaban J connectivity index is 2.46. The van der Waals surface area contributed by atoms with Crippen LogP contribution in [-0.4, -0.2) is 18.9 Å². The maximum atomic E-state index is 6.24. The SMILES string of the molecule is CCOP(C)(=S)Oc1c(Cl)cc(Cl)c2c1OC(C)(C)C2. The average Bonchev–Trinajstić information content (AvgIpc) is 2.61. The summed E-state index contributed by atoms with van der Waals surface area (Å²) in [4.78, 5) is 0. The van der Waals surface area contributed by atoms with Gasteiger partial charge in [0.1, 0.15) is 5.60 Å². The first-order valence-electron chi connectivity index (χ1n) is 6.27. The molecule has 1 aromatic rings. The Bertz CT molecular complexity index is 589. The summed E-state index contributed by atoms with van der Waals surface area (Å²) in [5.41, 5.74) is 0.569. The Hall–Kier alpha value is 0.01000. The van der Waals surface area contributed by atoms with E-state index in [1.54, 1.807) is 12.7 Å². The minimum Gasteiger partial charge on any atom is -0.483 e. The van der Waals surface area contributed by atoms with Gasteiger partial charge in [-0.1, -0.05) is 23.2 Å². The molecule has 0 radical (unpaired) electrons. The second-order valence-electron chi connectivity index (χ2n) is 5.30. The third kappa shape index (κ3) is 3.42. The van der Waals surface area contributed by atoms with Crippen molar-refractivity contribution in [2.45, 2.75) is 32.8 Å². The van der Waals surface area contributed by atoms with E-state index in [9.17, 15) is 0 Å². The minimum absolute atomic E-state index is 0.337. The van der Waals surface area contributed by atoms with Crippen molar-refractivity contribution in [2.75, 3.05) is 13.3 Å². The van der Waals surface area contributed by atoms with Crippen molar-refractivity contribution in [3.63, 3.8) is 0 Å². The van der Waals surface area contributed by atoms with Gasteiger partial charge in [0.25, 0.3) is 0 Å². The summed E-state index contributed by atoms with van der Waals surface area (Å²) < 4.78 is 17.3. The van der Waals surface area contributed by atoms with Gasteiger partial charge in [-0.2, -0.15) is 0 Å². The highest BCUT2D eigenvalue weighted by Gasteiger charge is 2.36. The molecular formula is C13H17Cl2O3PS. The van der Waals surface area contributed by atoms with E-state index in [1.165, 1.54) is 0 Å². The van der Waals surface area contributed by atoms with E-state index in [0.717, 1.165) is 5.56 Å². The molecule has 1 aliphatic heterocycles. The molecule has 0 aromatic heterocycles. The van der Waals surface area contributed by atoms with E-state index < -0.39 is 6.49 Å². The maximum Gasteiger partial charge on any atom is 0.235 e. The van der Waals surface area contributed by atoms with E-state index in [0.29, 0.717) is 34.6 Å². The van der Waals surface area contributed by atoms with E-state index in [1.807, 2.05) is 20.8 Å². The van der Waals surface area contributed by atoms with Gasteiger partial charge < -0.3 is 13.8 Å². The first-order chi connectivity index (χ1) is 9.15. The van der Waals surface area contributed by atoms with Crippen molar-refractivity contribution >= 4 is 41.5 Å². The molecule has 1 atom stereocenters. The molecule has 20 heavy (non-hydrogen) atoms. The van der Waals surface area contributed by atoms with Crippen LogP contribution in [0.1, 0.15) is 26.3 Å². The van der Waals surface area contributed by atoms with Crippen molar-refractivity contribution in [3.8, 4) is 11.5 Å². The smallest absolute Gasteiger partial charge is 0.235 e. The quantitative estimate of drug-likeness (QED) is 0.706. The van der Waals surface area contributed by atoms with Crippen LogP contribution in [-0.2, 0) is 22.8 Å². The van der Waals surface area contributed by atoms with Crippen LogP contribution in [0.25, 0.3) is 0 Å². The fourth-order valence-corrected chi connectivity index (χ4v) is 4.32. The summed E-state index contributed by atoms with van der Waals surface area (Å²) in [6, 6.07) is 1.67. The Morgan fingerprint density at radius 3 is 2.65 bits per heavy atom. The molecule has 0 amide bonds. The summed E-state index contributed by atoms with van der Waals surface area (Å²) in [6.45, 7) is 5.72. The molecule has 0 aliphatic carbocycles. The van der Waals surface area contributed by atoms with Crippen molar-refractivity contribution in [2.24, 2.45) is 0 Å². The normalized spacial score (nSPS) is 19.1. The first-order valence-corrected chi connectivity index (χ1v) is 10.1. The first kappa shape index (κ1) is 16.4. The summed E-state index contributed by atoms with van der Waals surface area (Å²) >= 11 is 17.8. The summed E-state index contributed by atoms with van der Waals surface area (Å²) in [6.07, 6.45) is 0.704. The Kier molecular flexibility index (Phi) is 4.63. The molecule has 0 fully saturated rings. The standard InChI is InChI=1S/C13H17Cl2O3PS/c1-5-16-19(4,20)18-12-10(15)6-9(14)8-7-13(2,3)17-11(8)12/h6H,5,7H2,1-4H3. The van der Waals surface area contributed by atoms with Crippen LogP contribution in [0.3, 0.4) is 0 Å². The number of ether oxygens (including phenoxy) is 1. The number of halogens is 2. The van der Waals surface area contributed by atoms with Crippen LogP contribution in [0.5, 0.6) is 11.5 Å². The molecule has 1 aliphatic rings. The predicted molar refractivity (Wildman–Crippen MR) is 87.3 cm³/mol. The molecule has 0 bridgehead atoms. The fourth-order valence-electron chi connectivity index (χ4n) is 2.14. The fraction of sp³-hybridized carbons (Fsp3) is 0.538. The van der Waals surface area contributed by atoms with Crippen LogP contribution in [0, 0.1) is 0 Å². The molecule has 7 heteroatoms. The molecule has 0 saturated heterocycles. The third-order valence-corrected chi connectivity index (χ3v) is 5.24. The van der Waals surface area contributed by atoms with Crippen LogP contribution in [0.15, 0.2) is 6.07 Å². The minimum atomic E-state index is -2.40. The van der Waals surface area contributed by atoms with Crippen LogP contribution >= 0.6 is 29.7 Å². The number of rotatable bonds is 4. The van der Waals surface area contributed by atoms with Gasteiger partial charge in [-0.3, -0.25) is 0 Å². The van der Waals surface area contributed by atoms with Gasteiger partial charge in [-0.05, 0) is 38.6 Å². The van der Waals surface area contributed by atoms with E-state index >= 15 is 0 Å². The predicted octanol–water partition coefficient (Wildman–Crippen LogP) is 5.06. The zero-order chi connectivity index (χ0) is 15.1. The third-order valence-electron chi connectivity index (χ3n) is 2.84.